The number of rotatable bonds is 6. The molecule has 0 spiro atoms. The van der Waals surface area contributed by atoms with Gasteiger partial charge in [-0.2, -0.15) is 0 Å². The smallest absolute Gasteiger partial charge is 0.270 e. The molecule has 1 atom stereocenters. The first-order valence-corrected chi connectivity index (χ1v) is 10.0. The Hall–Kier alpha value is -2.74. The second-order valence-corrected chi connectivity index (χ2v) is 7.71. The van der Waals surface area contributed by atoms with Crippen molar-refractivity contribution in [2.24, 2.45) is 0 Å². The number of carbonyl (C=O) groups is 1. The average molecular weight is 396 g/mol. The first kappa shape index (κ1) is 17.7. The molecule has 1 aromatic carbocycles. The summed E-state index contributed by atoms with van der Waals surface area (Å²) >= 11 is 2.81. The molecule has 1 amide bonds. The Bertz CT molecular complexity index is 975. The van der Waals surface area contributed by atoms with Crippen LogP contribution in [0.2, 0.25) is 0 Å². The van der Waals surface area contributed by atoms with Gasteiger partial charge in [-0.1, -0.05) is 36.4 Å². The monoisotopic (exact) mass is 396 g/mol. The van der Waals surface area contributed by atoms with Crippen molar-refractivity contribution < 1.29 is 14.3 Å². The number of benzene rings is 1. The Labute approximate surface area is 163 Å². The molecule has 0 aliphatic heterocycles. The van der Waals surface area contributed by atoms with Gasteiger partial charge < -0.3 is 14.8 Å². The molecular weight excluding hydrogens is 380 g/mol. The maximum absolute atomic E-state index is 12.6. The van der Waals surface area contributed by atoms with Crippen molar-refractivity contribution in [3.63, 3.8) is 0 Å². The summed E-state index contributed by atoms with van der Waals surface area (Å²) < 4.78 is 5.41. The number of amides is 1. The van der Waals surface area contributed by atoms with Crippen LogP contribution in [0.4, 0.5) is 0 Å². The third kappa shape index (κ3) is 3.57. The minimum atomic E-state index is -1.42. The van der Waals surface area contributed by atoms with E-state index in [4.69, 9.17) is 4.42 Å². The van der Waals surface area contributed by atoms with E-state index >= 15 is 0 Å². The fourth-order valence-electron chi connectivity index (χ4n) is 2.71. The van der Waals surface area contributed by atoms with E-state index in [-0.39, 0.29) is 12.5 Å². The van der Waals surface area contributed by atoms with Crippen LogP contribution in [0.25, 0.3) is 10.6 Å². The molecule has 3 heterocycles. The van der Waals surface area contributed by atoms with Gasteiger partial charge in [-0.15, -0.1) is 22.7 Å². The lowest BCUT2D eigenvalue weighted by Crippen LogP contribution is -2.41. The third-order valence-corrected chi connectivity index (χ3v) is 6.03. The van der Waals surface area contributed by atoms with Gasteiger partial charge >= 0.3 is 0 Å². The Kier molecular flexibility index (Phi) is 4.89. The molecule has 0 radical (unpaired) electrons. The molecular formula is C20H16N2O3S2. The predicted octanol–water partition coefficient (Wildman–Crippen LogP) is 4.13. The zero-order chi connectivity index (χ0) is 18.7. The van der Waals surface area contributed by atoms with E-state index < -0.39 is 5.60 Å². The molecule has 0 bridgehead atoms. The van der Waals surface area contributed by atoms with Crippen molar-refractivity contribution >= 4 is 28.6 Å². The number of thiazole rings is 1. The van der Waals surface area contributed by atoms with Gasteiger partial charge in [0.25, 0.3) is 5.91 Å². The number of aliphatic hydroxyl groups is 1. The molecule has 0 saturated heterocycles. The summed E-state index contributed by atoms with van der Waals surface area (Å²) in [6, 6.07) is 16.8. The van der Waals surface area contributed by atoms with Crippen LogP contribution >= 0.6 is 22.7 Å². The fourth-order valence-corrected chi connectivity index (χ4v) is 4.35. The number of nitrogens with one attached hydrogen (secondary N) is 1. The standard InChI is InChI=1S/C20H16N2O3S2/c23-18(15-12-27-19(22-15)14-6-2-1-3-7-14)21-13-20(24,16-8-4-10-25-16)17-9-5-11-26-17/h1-12,24H,13H2,(H,21,23)/t20-/m0/s1. The minimum Gasteiger partial charge on any atom is -0.466 e. The lowest BCUT2D eigenvalue weighted by Gasteiger charge is -2.25. The molecule has 27 heavy (non-hydrogen) atoms. The highest BCUT2D eigenvalue weighted by atomic mass is 32.1. The highest BCUT2D eigenvalue weighted by Gasteiger charge is 2.36. The summed E-state index contributed by atoms with van der Waals surface area (Å²) in [5.74, 6) is 0.0449. The molecule has 0 saturated carbocycles. The SMILES string of the molecule is O=C(NC[C@](O)(c1ccco1)c1cccs1)c1csc(-c2ccccc2)n1. The van der Waals surface area contributed by atoms with Crippen LogP contribution in [0, 0.1) is 0 Å². The highest BCUT2D eigenvalue weighted by molar-refractivity contribution is 7.13. The maximum Gasteiger partial charge on any atom is 0.270 e. The van der Waals surface area contributed by atoms with Crippen molar-refractivity contribution in [3.8, 4) is 10.6 Å². The van der Waals surface area contributed by atoms with Crippen LogP contribution in [-0.4, -0.2) is 22.5 Å². The number of furan rings is 1. The number of hydrogen-bond acceptors (Lipinski definition) is 6. The predicted molar refractivity (Wildman–Crippen MR) is 106 cm³/mol. The molecule has 3 aromatic heterocycles. The van der Waals surface area contributed by atoms with Gasteiger partial charge in [-0.3, -0.25) is 4.79 Å². The lowest BCUT2D eigenvalue weighted by atomic mass is 9.98. The summed E-state index contributed by atoms with van der Waals surface area (Å²) in [6.45, 7) is -0.0158. The topological polar surface area (TPSA) is 75.4 Å². The van der Waals surface area contributed by atoms with Gasteiger partial charge in [-0.25, -0.2) is 4.98 Å². The summed E-state index contributed by atoms with van der Waals surface area (Å²) in [7, 11) is 0. The van der Waals surface area contributed by atoms with E-state index in [9.17, 15) is 9.90 Å². The van der Waals surface area contributed by atoms with Crippen LogP contribution in [-0.2, 0) is 5.60 Å². The van der Waals surface area contributed by atoms with Gasteiger partial charge in [0.1, 0.15) is 16.5 Å². The second-order valence-electron chi connectivity index (χ2n) is 5.90. The number of thiophene rings is 1. The van der Waals surface area contributed by atoms with Crippen molar-refractivity contribution in [1.82, 2.24) is 10.3 Å². The van der Waals surface area contributed by atoms with E-state index in [1.165, 1.54) is 28.9 Å². The Morgan fingerprint density at radius 2 is 1.96 bits per heavy atom. The van der Waals surface area contributed by atoms with Gasteiger partial charge in [0, 0.05) is 15.8 Å². The number of carbonyl (C=O) groups excluding carboxylic acids is 1. The number of aromatic nitrogens is 1. The molecule has 0 fully saturated rings. The Morgan fingerprint density at radius 3 is 2.67 bits per heavy atom. The van der Waals surface area contributed by atoms with Gasteiger partial charge in [0.2, 0.25) is 0 Å². The molecule has 4 aromatic rings. The van der Waals surface area contributed by atoms with Crippen molar-refractivity contribution in [3.05, 3.63) is 88.0 Å². The van der Waals surface area contributed by atoms with E-state index in [1.54, 1.807) is 17.5 Å². The third-order valence-electron chi connectivity index (χ3n) is 4.12. The van der Waals surface area contributed by atoms with E-state index in [2.05, 4.69) is 10.3 Å². The summed E-state index contributed by atoms with van der Waals surface area (Å²) in [5.41, 5.74) is -0.134. The van der Waals surface area contributed by atoms with Crippen molar-refractivity contribution in [1.29, 1.82) is 0 Å². The molecule has 0 aliphatic rings. The van der Waals surface area contributed by atoms with E-state index in [0.717, 1.165) is 10.6 Å². The van der Waals surface area contributed by atoms with Crippen LogP contribution in [0.5, 0.6) is 0 Å². The highest BCUT2D eigenvalue weighted by Crippen LogP contribution is 2.32. The van der Waals surface area contributed by atoms with Crippen LogP contribution in [0.1, 0.15) is 21.1 Å². The average Bonchev–Trinajstić information content (AvgIpc) is 3.48. The largest absolute Gasteiger partial charge is 0.466 e. The molecule has 0 aliphatic carbocycles. The normalized spacial score (nSPS) is 13.2. The first-order valence-electron chi connectivity index (χ1n) is 8.26. The molecule has 5 nitrogen and oxygen atoms in total. The maximum atomic E-state index is 12.6. The van der Waals surface area contributed by atoms with Gasteiger partial charge in [0.05, 0.1) is 12.8 Å². The van der Waals surface area contributed by atoms with Crippen molar-refractivity contribution in [2.75, 3.05) is 6.54 Å². The summed E-state index contributed by atoms with van der Waals surface area (Å²) in [5, 5.41) is 18.3. The van der Waals surface area contributed by atoms with Crippen LogP contribution in [0.15, 0.2) is 76.0 Å². The van der Waals surface area contributed by atoms with Crippen molar-refractivity contribution in [2.45, 2.75) is 5.60 Å². The Morgan fingerprint density at radius 1 is 1.11 bits per heavy atom. The number of nitrogens with zero attached hydrogens (tertiary/aromatic N) is 1. The molecule has 4 rings (SSSR count). The van der Waals surface area contributed by atoms with E-state index in [1.807, 2.05) is 47.8 Å². The van der Waals surface area contributed by atoms with Gasteiger partial charge in [0.15, 0.2) is 5.60 Å². The second kappa shape index (κ2) is 7.48. The molecule has 0 unspecified atom stereocenters. The first-order chi connectivity index (χ1) is 13.2. The zero-order valence-corrected chi connectivity index (χ0v) is 15.8. The van der Waals surface area contributed by atoms with E-state index in [0.29, 0.717) is 16.3 Å². The summed E-state index contributed by atoms with van der Waals surface area (Å²) in [6.07, 6.45) is 1.50. The quantitative estimate of drug-likeness (QED) is 0.514. The summed E-state index contributed by atoms with van der Waals surface area (Å²) in [4.78, 5) is 17.7. The fraction of sp³-hybridized carbons (Fsp3) is 0.100. The molecule has 7 heteroatoms. The molecule has 2 N–H and O–H groups in total. The van der Waals surface area contributed by atoms with Crippen LogP contribution < -0.4 is 5.32 Å². The number of hydrogen-bond donors (Lipinski definition) is 2. The minimum absolute atomic E-state index is 0.0158. The Balaban J connectivity index is 1.52. The zero-order valence-electron chi connectivity index (χ0n) is 14.2. The van der Waals surface area contributed by atoms with Crippen LogP contribution in [0.3, 0.4) is 0 Å². The lowest BCUT2D eigenvalue weighted by molar-refractivity contribution is 0.0553. The van der Waals surface area contributed by atoms with Gasteiger partial charge in [-0.05, 0) is 23.6 Å². The molecule has 136 valence electrons.